The second kappa shape index (κ2) is 7.00. The summed E-state index contributed by atoms with van der Waals surface area (Å²) in [5.74, 6) is -1.09. The van der Waals surface area contributed by atoms with Crippen molar-refractivity contribution in [2.45, 2.75) is 6.92 Å². The SMILES string of the molecule is CC(=O)c1cccc(Nc2nncc(Nc3ccc(F)cc3F)n2)c1. The molecule has 1 heterocycles. The van der Waals surface area contributed by atoms with Gasteiger partial charge in [-0.15, -0.1) is 5.10 Å². The Hall–Kier alpha value is -3.42. The lowest BCUT2D eigenvalue weighted by molar-refractivity contribution is 0.101. The summed E-state index contributed by atoms with van der Waals surface area (Å²) in [7, 11) is 0. The first-order chi connectivity index (χ1) is 12.0. The molecule has 3 rings (SSSR count). The average Bonchev–Trinajstić information content (AvgIpc) is 2.58. The third-order valence-electron chi connectivity index (χ3n) is 3.28. The van der Waals surface area contributed by atoms with E-state index in [1.54, 1.807) is 24.3 Å². The Kier molecular flexibility index (Phi) is 4.60. The van der Waals surface area contributed by atoms with Crippen LogP contribution >= 0.6 is 0 Å². The van der Waals surface area contributed by atoms with Crippen molar-refractivity contribution < 1.29 is 13.6 Å². The highest BCUT2D eigenvalue weighted by Crippen LogP contribution is 2.20. The predicted molar refractivity (Wildman–Crippen MR) is 89.2 cm³/mol. The van der Waals surface area contributed by atoms with Crippen molar-refractivity contribution in [3.8, 4) is 0 Å². The Morgan fingerprint density at radius 2 is 1.92 bits per heavy atom. The molecule has 25 heavy (non-hydrogen) atoms. The second-order valence-electron chi connectivity index (χ2n) is 5.18. The van der Waals surface area contributed by atoms with Gasteiger partial charge in [-0.05, 0) is 31.2 Å². The van der Waals surface area contributed by atoms with E-state index in [1.807, 2.05) is 0 Å². The molecular weight excluding hydrogens is 328 g/mol. The maximum atomic E-state index is 13.7. The topological polar surface area (TPSA) is 79.8 Å². The van der Waals surface area contributed by atoms with Crippen molar-refractivity contribution in [1.82, 2.24) is 15.2 Å². The van der Waals surface area contributed by atoms with E-state index in [4.69, 9.17) is 0 Å². The number of benzene rings is 2. The van der Waals surface area contributed by atoms with Gasteiger partial charge in [-0.1, -0.05) is 12.1 Å². The van der Waals surface area contributed by atoms with Crippen molar-refractivity contribution >= 4 is 28.9 Å². The van der Waals surface area contributed by atoms with Crippen molar-refractivity contribution in [2.24, 2.45) is 0 Å². The third kappa shape index (κ3) is 4.11. The number of hydrogen-bond donors (Lipinski definition) is 2. The van der Waals surface area contributed by atoms with E-state index >= 15 is 0 Å². The van der Waals surface area contributed by atoms with Gasteiger partial charge in [0, 0.05) is 17.3 Å². The van der Waals surface area contributed by atoms with Crippen LogP contribution in [0.1, 0.15) is 17.3 Å². The molecule has 2 N–H and O–H groups in total. The lowest BCUT2D eigenvalue weighted by Crippen LogP contribution is -2.04. The Morgan fingerprint density at radius 1 is 1.08 bits per heavy atom. The molecule has 0 radical (unpaired) electrons. The van der Waals surface area contributed by atoms with Crippen LogP contribution in [0.2, 0.25) is 0 Å². The number of rotatable bonds is 5. The lowest BCUT2D eigenvalue weighted by atomic mass is 10.1. The van der Waals surface area contributed by atoms with E-state index in [0.717, 1.165) is 12.1 Å². The van der Waals surface area contributed by atoms with E-state index in [0.29, 0.717) is 11.3 Å². The summed E-state index contributed by atoms with van der Waals surface area (Å²) in [5, 5.41) is 13.2. The monoisotopic (exact) mass is 341 g/mol. The molecule has 0 unspecified atom stereocenters. The molecule has 0 spiro atoms. The molecule has 0 saturated carbocycles. The van der Waals surface area contributed by atoms with Crippen LogP contribution in [0.25, 0.3) is 0 Å². The van der Waals surface area contributed by atoms with Gasteiger partial charge >= 0.3 is 0 Å². The fourth-order valence-corrected chi connectivity index (χ4v) is 2.09. The molecule has 0 amide bonds. The zero-order valence-electron chi connectivity index (χ0n) is 13.1. The molecule has 0 aliphatic heterocycles. The van der Waals surface area contributed by atoms with Gasteiger partial charge in [-0.3, -0.25) is 4.79 Å². The largest absolute Gasteiger partial charge is 0.336 e. The van der Waals surface area contributed by atoms with Crippen LogP contribution in [-0.2, 0) is 0 Å². The zero-order chi connectivity index (χ0) is 17.8. The van der Waals surface area contributed by atoms with E-state index < -0.39 is 11.6 Å². The smallest absolute Gasteiger partial charge is 0.249 e. The van der Waals surface area contributed by atoms with Gasteiger partial charge in [0.25, 0.3) is 0 Å². The van der Waals surface area contributed by atoms with Gasteiger partial charge in [0.05, 0.1) is 11.9 Å². The highest BCUT2D eigenvalue weighted by atomic mass is 19.1. The number of hydrogen-bond acceptors (Lipinski definition) is 6. The number of carbonyl (C=O) groups excluding carboxylic acids is 1. The Morgan fingerprint density at radius 3 is 2.68 bits per heavy atom. The van der Waals surface area contributed by atoms with Crippen molar-refractivity contribution in [3.63, 3.8) is 0 Å². The molecule has 3 aromatic rings. The zero-order valence-corrected chi connectivity index (χ0v) is 13.1. The summed E-state index contributed by atoms with van der Waals surface area (Å²) in [6.07, 6.45) is 1.31. The predicted octanol–water partition coefficient (Wildman–Crippen LogP) is 3.84. The third-order valence-corrected chi connectivity index (χ3v) is 3.28. The molecule has 0 bridgehead atoms. The Bertz CT molecular complexity index is 932. The maximum Gasteiger partial charge on any atom is 0.249 e. The molecule has 0 atom stereocenters. The number of Topliss-reactive ketones (excluding diaryl/α,β-unsaturated/α-hetero) is 1. The van der Waals surface area contributed by atoms with Crippen LogP contribution in [0.4, 0.5) is 31.9 Å². The first-order valence-electron chi connectivity index (χ1n) is 7.31. The summed E-state index contributed by atoms with van der Waals surface area (Å²) in [5.41, 5.74) is 1.21. The van der Waals surface area contributed by atoms with E-state index in [2.05, 4.69) is 25.8 Å². The van der Waals surface area contributed by atoms with Crippen molar-refractivity contribution in [3.05, 3.63) is 65.9 Å². The van der Waals surface area contributed by atoms with Crippen LogP contribution in [0.5, 0.6) is 0 Å². The molecule has 8 heteroatoms. The van der Waals surface area contributed by atoms with Crippen LogP contribution in [-0.4, -0.2) is 21.0 Å². The van der Waals surface area contributed by atoms with Crippen molar-refractivity contribution in [1.29, 1.82) is 0 Å². The fourth-order valence-electron chi connectivity index (χ4n) is 2.09. The van der Waals surface area contributed by atoms with E-state index in [-0.39, 0.29) is 23.2 Å². The minimum atomic E-state index is -0.748. The number of halogens is 2. The normalized spacial score (nSPS) is 10.4. The molecular formula is C17H13F2N5O. The van der Waals surface area contributed by atoms with Crippen LogP contribution < -0.4 is 10.6 Å². The quantitative estimate of drug-likeness (QED) is 0.687. The number of anilines is 4. The number of aromatic nitrogens is 3. The number of nitrogens with zero attached hydrogens (tertiary/aromatic N) is 3. The van der Waals surface area contributed by atoms with Crippen LogP contribution in [0.3, 0.4) is 0 Å². The Balaban J connectivity index is 1.79. The number of carbonyl (C=O) groups is 1. The molecule has 1 aromatic heterocycles. The molecule has 6 nitrogen and oxygen atoms in total. The van der Waals surface area contributed by atoms with E-state index in [1.165, 1.54) is 19.2 Å². The summed E-state index contributed by atoms with van der Waals surface area (Å²) in [4.78, 5) is 15.6. The van der Waals surface area contributed by atoms with Gasteiger partial charge in [0.15, 0.2) is 11.6 Å². The molecule has 2 aromatic carbocycles. The van der Waals surface area contributed by atoms with Gasteiger partial charge in [-0.25, -0.2) is 8.78 Å². The second-order valence-corrected chi connectivity index (χ2v) is 5.18. The Labute approximate surface area is 141 Å². The molecule has 126 valence electrons. The molecule has 0 aliphatic carbocycles. The molecule has 0 saturated heterocycles. The van der Waals surface area contributed by atoms with Gasteiger partial charge in [0.1, 0.15) is 11.6 Å². The molecule has 0 aliphatic rings. The number of ketones is 1. The maximum absolute atomic E-state index is 13.7. The van der Waals surface area contributed by atoms with Gasteiger partial charge in [0.2, 0.25) is 5.95 Å². The summed E-state index contributed by atoms with van der Waals surface area (Å²) in [6.45, 7) is 1.47. The standard InChI is InChI=1S/C17H13F2N5O/c1-10(25)11-3-2-4-13(7-11)21-17-23-16(9-20-24-17)22-15-6-5-12(18)8-14(15)19/h2-9H,1H3,(H2,21,22,23,24). The van der Waals surface area contributed by atoms with Gasteiger partial charge in [-0.2, -0.15) is 10.1 Å². The van der Waals surface area contributed by atoms with Crippen LogP contribution in [0, 0.1) is 11.6 Å². The van der Waals surface area contributed by atoms with E-state index in [9.17, 15) is 13.6 Å². The summed E-state index contributed by atoms with van der Waals surface area (Å²) in [6, 6.07) is 9.98. The fraction of sp³-hybridized carbons (Fsp3) is 0.0588. The average molecular weight is 341 g/mol. The highest BCUT2D eigenvalue weighted by molar-refractivity contribution is 5.95. The first kappa shape index (κ1) is 16.4. The summed E-state index contributed by atoms with van der Waals surface area (Å²) < 4.78 is 26.6. The van der Waals surface area contributed by atoms with Gasteiger partial charge < -0.3 is 10.6 Å². The van der Waals surface area contributed by atoms with Crippen LogP contribution in [0.15, 0.2) is 48.7 Å². The number of nitrogens with one attached hydrogen (secondary N) is 2. The summed E-state index contributed by atoms with van der Waals surface area (Å²) >= 11 is 0. The molecule has 0 fully saturated rings. The highest BCUT2D eigenvalue weighted by Gasteiger charge is 2.07. The minimum Gasteiger partial charge on any atom is -0.336 e. The lowest BCUT2D eigenvalue weighted by Gasteiger charge is -2.09. The first-order valence-corrected chi connectivity index (χ1v) is 7.31. The minimum absolute atomic E-state index is 0.0615. The van der Waals surface area contributed by atoms with Crippen molar-refractivity contribution in [2.75, 3.05) is 10.6 Å².